The van der Waals surface area contributed by atoms with Crippen molar-refractivity contribution in [2.24, 2.45) is 0 Å². The van der Waals surface area contributed by atoms with Crippen LogP contribution in [0.1, 0.15) is 23.3 Å². The van der Waals surface area contributed by atoms with Crippen molar-refractivity contribution >= 4 is 21.8 Å². The van der Waals surface area contributed by atoms with Crippen LogP contribution in [-0.2, 0) is 6.54 Å². The third-order valence-corrected chi connectivity index (χ3v) is 3.04. The molecule has 2 rings (SSSR count). The number of hydrogen-bond acceptors (Lipinski definition) is 2. The molecule has 0 aliphatic rings. The number of carbonyl (C=O) groups excluding carboxylic acids is 1. The van der Waals surface area contributed by atoms with Crippen LogP contribution in [0.4, 0.5) is 0 Å². The van der Waals surface area contributed by atoms with Crippen molar-refractivity contribution in [3.63, 3.8) is 0 Å². The topological polar surface area (TPSA) is 62.7 Å². The first-order valence-electron chi connectivity index (χ1n) is 5.83. The molecule has 0 atom stereocenters. The summed E-state index contributed by atoms with van der Waals surface area (Å²) in [6.45, 7) is 1.62. The zero-order valence-corrected chi connectivity index (χ0v) is 11.5. The van der Waals surface area contributed by atoms with Gasteiger partial charge < -0.3 is 14.9 Å². The molecule has 0 radical (unpaired) electrons. The Kier molecular flexibility index (Phi) is 4.58. The van der Waals surface area contributed by atoms with Crippen LogP contribution >= 0.6 is 15.9 Å². The van der Waals surface area contributed by atoms with E-state index in [4.69, 9.17) is 0 Å². The molecule has 0 spiro atoms. The lowest BCUT2D eigenvalue weighted by Gasteiger charge is -2.04. The number of amides is 1. The third kappa shape index (κ3) is 3.73. The number of aryl methyl sites for hydroxylation is 1. The molecule has 1 amide bonds. The molecule has 5 nitrogen and oxygen atoms in total. The number of H-pyrrole nitrogens is 1. The van der Waals surface area contributed by atoms with Crippen LogP contribution in [0.15, 0.2) is 35.5 Å². The van der Waals surface area contributed by atoms with Gasteiger partial charge in [0.15, 0.2) is 0 Å². The van der Waals surface area contributed by atoms with Gasteiger partial charge in [0.1, 0.15) is 5.69 Å². The molecule has 96 valence electrons. The smallest absolute Gasteiger partial charge is 0.267 e. The fourth-order valence-corrected chi connectivity index (χ4v) is 1.98. The van der Waals surface area contributed by atoms with Gasteiger partial charge in [-0.25, -0.2) is 4.98 Å². The van der Waals surface area contributed by atoms with Crippen LogP contribution in [0.5, 0.6) is 0 Å². The Morgan fingerprint density at radius 2 is 2.39 bits per heavy atom. The maximum absolute atomic E-state index is 11.7. The van der Waals surface area contributed by atoms with Gasteiger partial charge in [0, 0.05) is 36.2 Å². The van der Waals surface area contributed by atoms with Gasteiger partial charge >= 0.3 is 0 Å². The SMILES string of the molecule is O=C(NCCCCn1ccnc1)c1cc(Br)c[nH]1. The molecule has 0 saturated carbocycles. The quantitative estimate of drug-likeness (QED) is 0.803. The third-order valence-electron chi connectivity index (χ3n) is 2.58. The molecule has 0 fully saturated rings. The van der Waals surface area contributed by atoms with Gasteiger partial charge in [-0.3, -0.25) is 4.79 Å². The number of nitrogens with one attached hydrogen (secondary N) is 2. The minimum atomic E-state index is -0.0664. The van der Waals surface area contributed by atoms with E-state index in [0.29, 0.717) is 12.2 Å². The lowest BCUT2D eigenvalue weighted by atomic mass is 10.3. The highest BCUT2D eigenvalue weighted by Gasteiger charge is 2.06. The number of halogens is 1. The van der Waals surface area contributed by atoms with Crippen LogP contribution in [0, 0.1) is 0 Å². The molecule has 18 heavy (non-hydrogen) atoms. The highest BCUT2D eigenvalue weighted by atomic mass is 79.9. The molecule has 0 unspecified atom stereocenters. The van der Waals surface area contributed by atoms with Crippen LogP contribution in [0.2, 0.25) is 0 Å². The number of aromatic amines is 1. The zero-order valence-electron chi connectivity index (χ0n) is 9.90. The van der Waals surface area contributed by atoms with Crippen molar-refractivity contribution in [3.05, 3.63) is 41.2 Å². The van der Waals surface area contributed by atoms with Crippen LogP contribution in [-0.4, -0.2) is 27.0 Å². The summed E-state index contributed by atoms with van der Waals surface area (Å²) in [7, 11) is 0. The van der Waals surface area contributed by atoms with Crippen molar-refractivity contribution in [3.8, 4) is 0 Å². The first kappa shape index (κ1) is 12.9. The standard InChI is InChI=1S/C12H15BrN4O/c13-10-7-11(16-8-10)12(18)15-3-1-2-5-17-6-4-14-9-17/h4,6-9,16H,1-3,5H2,(H,15,18). The fraction of sp³-hybridized carbons (Fsp3) is 0.333. The summed E-state index contributed by atoms with van der Waals surface area (Å²) in [5.41, 5.74) is 0.580. The molecule has 0 aliphatic heterocycles. The second-order valence-electron chi connectivity index (χ2n) is 4.00. The van der Waals surface area contributed by atoms with Gasteiger partial charge in [0.05, 0.1) is 6.33 Å². The molecule has 6 heteroatoms. The summed E-state index contributed by atoms with van der Waals surface area (Å²) in [5, 5.41) is 2.88. The number of unbranched alkanes of at least 4 members (excludes halogenated alkanes) is 1. The second-order valence-corrected chi connectivity index (χ2v) is 4.91. The lowest BCUT2D eigenvalue weighted by Crippen LogP contribution is -2.24. The Hall–Kier alpha value is -1.56. The summed E-state index contributed by atoms with van der Waals surface area (Å²) >= 11 is 3.30. The Morgan fingerprint density at radius 3 is 3.06 bits per heavy atom. The van der Waals surface area contributed by atoms with E-state index in [1.807, 2.05) is 10.8 Å². The van der Waals surface area contributed by atoms with Gasteiger partial charge in [0.2, 0.25) is 0 Å². The molecule has 2 aromatic rings. The molecular formula is C12H15BrN4O. The van der Waals surface area contributed by atoms with E-state index < -0.39 is 0 Å². The van der Waals surface area contributed by atoms with Crippen molar-refractivity contribution < 1.29 is 4.79 Å². The molecular weight excluding hydrogens is 296 g/mol. The number of nitrogens with zero attached hydrogens (tertiary/aromatic N) is 2. The van der Waals surface area contributed by atoms with Crippen LogP contribution in [0.25, 0.3) is 0 Å². The normalized spacial score (nSPS) is 10.5. The predicted molar refractivity (Wildman–Crippen MR) is 72.3 cm³/mol. The van der Waals surface area contributed by atoms with Crippen molar-refractivity contribution in [1.29, 1.82) is 0 Å². The van der Waals surface area contributed by atoms with Crippen LogP contribution in [0.3, 0.4) is 0 Å². The molecule has 0 saturated heterocycles. The van der Waals surface area contributed by atoms with Gasteiger partial charge in [-0.05, 0) is 34.8 Å². The largest absolute Gasteiger partial charge is 0.356 e. The number of hydrogen-bond donors (Lipinski definition) is 2. The number of carbonyl (C=O) groups is 1. The first-order chi connectivity index (χ1) is 8.75. The highest BCUT2D eigenvalue weighted by molar-refractivity contribution is 9.10. The zero-order chi connectivity index (χ0) is 12.8. The predicted octanol–water partition coefficient (Wildman–Crippen LogP) is 2.18. The summed E-state index contributed by atoms with van der Waals surface area (Å²) in [4.78, 5) is 18.5. The van der Waals surface area contributed by atoms with E-state index in [1.165, 1.54) is 0 Å². The fourth-order valence-electron chi connectivity index (χ4n) is 1.63. The Balaban J connectivity index is 1.62. The van der Waals surface area contributed by atoms with Gasteiger partial charge in [-0.15, -0.1) is 0 Å². The Morgan fingerprint density at radius 1 is 1.50 bits per heavy atom. The minimum Gasteiger partial charge on any atom is -0.356 e. The average Bonchev–Trinajstić information content (AvgIpc) is 2.99. The number of aromatic nitrogens is 3. The molecule has 0 aliphatic carbocycles. The summed E-state index contributed by atoms with van der Waals surface area (Å²) < 4.78 is 2.91. The summed E-state index contributed by atoms with van der Waals surface area (Å²) in [6.07, 6.45) is 9.22. The minimum absolute atomic E-state index is 0.0664. The van der Waals surface area contributed by atoms with E-state index in [9.17, 15) is 4.79 Å². The lowest BCUT2D eigenvalue weighted by molar-refractivity contribution is 0.0948. The maximum Gasteiger partial charge on any atom is 0.267 e. The van der Waals surface area contributed by atoms with E-state index in [2.05, 4.69) is 31.2 Å². The van der Waals surface area contributed by atoms with Crippen molar-refractivity contribution in [2.45, 2.75) is 19.4 Å². The maximum atomic E-state index is 11.7. The van der Waals surface area contributed by atoms with Crippen molar-refractivity contribution in [2.75, 3.05) is 6.54 Å². The van der Waals surface area contributed by atoms with E-state index in [-0.39, 0.29) is 5.91 Å². The average molecular weight is 311 g/mol. The molecule has 0 bridgehead atoms. The highest BCUT2D eigenvalue weighted by Crippen LogP contribution is 2.10. The van der Waals surface area contributed by atoms with Gasteiger partial charge in [-0.1, -0.05) is 0 Å². The number of rotatable bonds is 6. The van der Waals surface area contributed by atoms with E-state index in [0.717, 1.165) is 23.9 Å². The monoisotopic (exact) mass is 310 g/mol. The van der Waals surface area contributed by atoms with E-state index >= 15 is 0 Å². The van der Waals surface area contributed by atoms with E-state index in [1.54, 1.807) is 24.8 Å². The van der Waals surface area contributed by atoms with Gasteiger partial charge in [0.25, 0.3) is 5.91 Å². The van der Waals surface area contributed by atoms with Crippen molar-refractivity contribution in [1.82, 2.24) is 19.9 Å². The molecule has 2 aromatic heterocycles. The Bertz CT molecular complexity index is 492. The first-order valence-corrected chi connectivity index (χ1v) is 6.63. The molecule has 2 heterocycles. The molecule has 2 N–H and O–H groups in total. The second kappa shape index (κ2) is 6.39. The van der Waals surface area contributed by atoms with Gasteiger partial charge in [-0.2, -0.15) is 0 Å². The summed E-state index contributed by atoms with van der Waals surface area (Å²) in [6, 6.07) is 1.76. The van der Waals surface area contributed by atoms with Crippen LogP contribution < -0.4 is 5.32 Å². The number of imidazole rings is 1. The Labute approximate surface area is 114 Å². The summed E-state index contributed by atoms with van der Waals surface area (Å²) in [5.74, 6) is -0.0664. The molecule has 0 aromatic carbocycles.